The van der Waals surface area contributed by atoms with E-state index in [0.717, 1.165) is 5.69 Å². The number of aromatic amines is 1. The lowest BCUT2D eigenvalue weighted by molar-refractivity contribution is -0.136. The summed E-state index contributed by atoms with van der Waals surface area (Å²) in [5.74, 6) is -0.0702. The van der Waals surface area contributed by atoms with E-state index in [1.165, 1.54) is 7.11 Å². The van der Waals surface area contributed by atoms with E-state index in [4.69, 9.17) is 4.74 Å². The number of rotatable bonds is 3. The van der Waals surface area contributed by atoms with Crippen molar-refractivity contribution in [3.63, 3.8) is 0 Å². The summed E-state index contributed by atoms with van der Waals surface area (Å²) < 4.78 is 4.82. The molecule has 0 spiro atoms. The number of amides is 2. The number of methoxy groups -OCH3 is 1. The number of hydrogen-bond acceptors (Lipinski definition) is 4. The summed E-state index contributed by atoms with van der Waals surface area (Å²) in [6, 6.07) is 0. The molecule has 2 amide bonds. The van der Waals surface area contributed by atoms with E-state index in [2.05, 4.69) is 10.2 Å². The van der Waals surface area contributed by atoms with Crippen molar-refractivity contribution in [3.05, 3.63) is 17.5 Å². The van der Waals surface area contributed by atoms with Crippen LogP contribution < -0.4 is 0 Å². The summed E-state index contributed by atoms with van der Waals surface area (Å²) in [5.41, 5.74) is 1.36. The highest BCUT2D eigenvalue weighted by Gasteiger charge is 2.25. The van der Waals surface area contributed by atoms with E-state index in [1.54, 1.807) is 16.0 Å². The van der Waals surface area contributed by atoms with Gasteiger partial charge in [-0.2, -0.15) is 5.10 Å². The molecule has 7 heteroatoms. The monoisotopic (exact) mass is 266 g/mol. The number of nitrogens with one attached hydrogen (secondary N) is 1. The molecule has 0 bridgehead atoms. The summed E-state index contributed by atoms with van der Waals surface area (Å²) in [6.45, 7) is 4.08. The Hall–Kier alpha value is -1.89. The van der Waals surface area contributed by atoms with Crippen molar-refractivity contribution >= 4 is 11.8 Å². The highest BCUT2D eigenvalue weighted by atomic mass is 16.5. The van der Waals surface area contributed by atoms with Crippen LogP contribution >= 0.6 is 0 Å². The molecule has 1 N–H and O–H groups in total. The van der Waals surface area contributed by atoms with Crippen LogP contribution in [0.15, 0.2) is 6.20 Å². The summed E-state index contributed by atoms with van der Waals surface area (Å²) in [4.78, 5) is 27.3. The zero-order chi connectivity index (χ0) is 13.8. The van der Waals surface area contributed by atoms with Crippen LogP contribution in [-0.4, -0.2) is 71.7 Å². The van der Waals surface area contributed by atoms with Crippen molar-refractivity contribution < 1.29 is 14.3 Å². The van der Waals surface area contributed by atoms with Gasteiger partial charge in [-0.1, -0.05) is 0 Å². The van der Waals surface area contributed by atoms with Gasteiger partial charge in [-0.15, -0.1) is 0 Å². The number of aromatic nitrogens is 2. The van der Waals surface area contributed by atoms with Crippen LogP contribution in [0, 0.1) is 6.92 Å². The molecular weight excluding hydrogens is 248 g/mol. The van der Waals surface area contributed by atoms with Gasteiger partial charge in [0, 0.05) is 39.0 Å². The van der Waals surface area contributed by atoms with Crippen molar-refractivity contribution in [2.75, 3.05) is 39.9 Å². The van der Waals surface area contributed by atoms with Gasteiger partial charge < -0.3 is 14.5 Å². The van der Waals surface area contributed by atoms with Gasteiger partial charge in [-0.05, 0) is 6.92 Å². The Kier molecular flexibility index (Phi) is 4.16. The topological polar surface area (TPSA) is 78.5 Å². The molecular formula is C12H18N4O3. The van der Waals surface area contributed by atoms with Crippen molar-refractivity contribution in [2.24, 2.45) is 0 Å². The number of H-pyrrole nitrogens is 1. The average molecular weight is 266 g/mol. The van der Waals surface area contributed by atoms with E-state index < -0.39 is 0 Å². The summed E-state index contributed by atoms with van der Waals surface area (Å²) >= 11 is 0. The van der Waals surface area contributed by atoms with Gasteiger partial charge in [0.15, 0.2) is 0 Å². The molecule has 0 aromatic carbocycles. The van der Waals surface area contributed by atoms with Crippen LogP contribution in [0.2, 0.25) is 0 Å². The second kappa shape index (κ2) is 5.83. The van der Waals surface area contributed by atoms with E-state index in [9.17, 15) is 9.59 Å². The van der Waals surface area contributed by atoms with Gasteiger partial charge in [-0.3, -0.25) is 14.7 Å². The van der Waals surface area contributed by atoms with E-state index in [-0.39, 0.29) is 18.4 Å². The lowest BCUT2D eigenvalue weighted by atomic mass is 10.2. The molecule has 1 saturated heterocycles. The molecule has 2 heterocycles. The first-order chi connectivity index (χ1) is 9.13. The van der Waals surface area contributed by atoms with Crippen molar-refractivity contribution in [3.8, 4) is 0 Å². The second-order valence-electron chi connectivity index (χ2n) is 4.51. The number of aryl methyl sites for hydroxylation is 1. The van der Waals surface area contributed by atoms with Crippen LogP contribution in [0.25, 0.3) is 0 Å². The third kappa shape index (κ3) is 2.93. The molecule has 1 fully saturated rings. The lowest BCUT2D eigenvalue weighted by Crippen LogP contribution is -2.51. The molecule has 0 radical (unpaired) electrons. The molecule has 0 saturated carbocycles. The van der Waals surface area contributed by atoms with Gasteiger partial charge in [-0.25, -0.2) is 0 Å². The number of ether oxygens (including phenoxy) is 1. The zero-order valence-electron chi connectivity index (χ0n) is 11.2. The predicted molar refractivity (Wildman–Crippen MR) is 67.7 cm³/mol. The third-order valence-corrected chi connectivity index (χ3v) is 3.25. The fourth-order valence-corrected chi connectivity index (χ4v) is 2.11. The van der Waals surface area contributed by atoms with Crippen molar-refractivity contribution in [1.82, 2.24) is 20.0 Å². The maximum absolute atomic E-state index is 12.2. The molecule has 104 valence electrons. The first-order valence-electron chi connectivity index (χ1n) is 6.19. The second-order valence-corrected chi connectivity index (χ2v) is 4.51. The Morgan fingerprint density at radius 1 is 1.32 bits per heavy atom. The van der Waals surface area contributed by atoms with Crippen molar-refractivity contribution in [2.45, 2.75) is 6.92 Å². The third-order valence-electron chi connectivity index (χ3n) is 3.25. The first kappa shape index (κ1) is 13.5. The van der Waals surface area contributed by atoms with Gasteiger partial charge in [0.1, 0.15) is 6.61 Å². The Balaban J connectivity index is 1.92. The first-order valence-corrected chi connectivity index (χ1v) is 6.19. The van der Waals surface area contributed by atoms with E-state index >= 15 is 0 Å². The SMILES string of the molecule is COCC(=O)N1CCN(C(=O)c2cn[nH]c2C)CC1. The molecule has 19 heavy (non-hydrogen) atoms. The van der Waals surface area contributed by atoms with Gasteiger partial charge in [0.05, 0.1) is 11.8 Å². The summed E-state index contributed by atoms with van der Waals surface area (Å²) in [5, 5.41) is 6.61. The van der Waals surface area contributed by atoms with Crippen LogP contribution in [0.3, 0.4) is 0 Å². The van der Waals surface area contributed by atoms with E-state index in [1.807, 2.05) is 6.92 Å². The summed E-state index contributed by atoms with van der Waals surface area (Å²) in [7, 11) is 1.50. The van der Waals surface area contributed by atoms with Gasteiger partial charge in [0.25, 0.3) is 5.91 Å². The number of carbonyl (C=O) groups is 2. The molecule has 1 aliphatic heterocycles. The minimum atomic E-state index is -0.0370. The molecule has 1 aromatic rings. The van der Waals surface area contributed by atoms with Crippen molar-refractivity contribution in [1.29, 1.82) is 0 Å². The smallest absolute Gasteiger partial charge is 0.257 e. The molecule has 1 aromatic heterocycles. The predicted octanol–water partition coefficient (Wildman–Crippen LogP) is -0.351. The maximum atomic E-state index is 12.2. The molecule has 1 aliphatic rings. The molecule has 0 aliphatic carbocycles. The quantitative estimate of drug-likeness (QED) is 0.811. The normalized spacial score (nSPS) is 15.7. The molecule has 7 nitrogen and oxygen atoms in total. The Labute approximate surface area is 111 Å². The maximum Gasteiger partial charge on any atom is 0.257 e. The Morgan fingerprint density at radius 2 is 1.95 bits per heavy atom. The van der Waals surface area contributed by atoms with Crippen LogP contribution in [0.5, 0.6) is 0 Å². The van der Waals surface area contributed by atoms with Crippen LogP contribution in [0.4, 0.5) is 0 Å². The fourth-order valence-electron chi connectivity index (χ4n) is 2.11. The number of piperazine rings is 1. The number of carbonyl (C=O) groups excluding carboxylic acids is 2. The number of nitrogens with zero attached hydrogens (tertiary/aromatic N) is 3. The summed E-state index contributed by atoms with van der Waals surface area (Å²) in [6.07, 6.45) is 1.54. The highest BCUT2D eigenvalue weighted by Crippen LogP contribution is 2.10. The molecule has 0 unspecified atom stereocenters. The van der Waals surface area contributed by atoms with Gasteiger partial charge >= 0.3 is 0 Å². The minimum Gasteiger partial charge on any atom is -0.375 e. The van der Waals surface area contributed by atoms with E-state index in [0.29, 0.717) is 31.7 Å². The zero-order valence-corrected chi connectivity index (χ0v) is 11.2. The molecule has 2 rings (SSSR count). The Bertz CT molecular complexity index is 463. The standard InChI is InChI=1S/C12H18N4O3/c1-9-10(7-13-14-9)12(18)16-5-3-15(4-6-16)11(17)8-19-2/h7H,3-6,8H2,1-2H3,(H,13,14). The molecule has 0 atom stereocenters. The largest absolute Gasteiger partial charge is 0.375 e. The van der Waals surface area contributed by atoms with Crippen LogP contribution in [-0.2, 0) is 9.53 Å². The average Bonchev–Trinajstić information content (AvgIpc) is 2.84. The fraction of sp³-hybridized carbons (Fsp3) is 0.583. The van der Waals surface area contributed by atoms with Crippen LogP contribution in [0.1, 0.15) is 16.1 Å². The highest BCUT2D eigenvalue weighted by molar-refractivity contribution is 5.95. The number of hydrogen-bond donors (Lipinski definition) is 1. The van der Waals surface area contributed by atoms with Gasteiger partial charge in [0.2, 0.25) is 5.91 Å². The Morgan fingerprint density at radius 3 is 2.47 bits per heavy atom. The lowest BCUT2D eigenvalue weighted by Gasteiger charge is -2.34. The minimum absolute atomic E-state index is 0.0332.